The topological polar surface area (TPSA) is 33.2 Å². The number of ketones is 1. The Morgan fingerprint density at radius 3 is 2.61 bits per heavy atom. The summed E-state index contributed by atoms with van der Waals surface area (Å²) in [7, 11) is 1.93. The van der Waals surface area contributed by atoms with Crippen LogP contribution < -0.4 is 0 Å². The summed E-state index contributed by atoms with van der Waals surface area (Å²) in [5.41, 5.74) is 7.78. The normalized spacial score (nSPS) is 15.1. The number of carbonyl (C=O) groups excluding carboxylic acids is 1. The highest BCUT2D eigenvalue weighted by atomic mass is 19.1. The molecule has 1 aliphatic carbocycles. The Morgan fingerprint density at radius 2 is 1.83 bits per heavy atom. The van der Waals surface area contributed by atoms with Crippen LogP contribution in [-0.2, 0) is 17.6 Å². The van der Waals surface area contributed by atoms with Crippen molar-refractivity contribution < 1.29 is 9.18 Å². The van der Waals surface area contributed by atoms with Crippen LogP contribution in [0.5, 0.6) is 0 Å². The third-order valence-electron chi connectivity index (χ3n) is 6.69. The molecule has 2 aromatic carbocycles. The van der Waals surface area contributed by atoms with Gasteiger partial charge in [0.1, 0.15) is 5.82 Å². The third kappa shape index (κ3) is 6.45. The summed E-state index contributed by atoms with van der Waals surface area (Å²) in [5, 5.41) is 0. The van der Waals surface area contributed by atoms with Crippen molar-refractivity contribution in [2.45, 2.75) is 39.0 Å². The minimum absolute atomic E-state index is 0.0875. The van der Waals surface area contributed by atoms with E-state index in [9.17, 15) is 9.18 Å². The lowest BCUT2D eigenvalue weighted by atomic mass is 9.93. The fourth-order valence-corrected chi connectivity index (χ4v) is 4.68. The summed E-state index contributed by atoms with van der Waals surface area (Å²) in [5.74, 6) is -0.145. The Bertz CT molecular complexity index is 1310. The molecule has 0 amide bonds. The Morgan fingerprint density at radius 1 is 1.03 bits per heavy atom. The quantitative estimate of drug-likeness (QED) is 0.270. The Labute approximate surface area is 213 Å². The number of aryl methyl sites for hydroxylation is 3. The van der Waals surface area contributed by atoms with E-state index in [4.69, 9.17) is 0 Å². The van der Waals surface area contributed by atoms with E-state index < -0.39 is 0 Å². The zero-order chi connectivity index (χ0) is 25.5. The number of aromatic nitrogens is 1. The molecule has 3 nitrogen and oxygen atoms in total. The number of carbonyl (C=O) groups is 1. The van der Waals surface area contributed by atoms with Crippen molar-refractivity contribution >= 4 is 17.1 Å². The Balaban J connectivity index is 1.52. The van der Waals surface area contributed by atoms with Gasteiger partial charge in [0.25, 0.3) is 0 Å². The molecule has 0 saturated carbocycles. The maximum atomic E-state index is 13.8. The van der Waals surface area contributed by atoms with Gasteiger partial charge in [-0.05, 0) is 97.2 Å². The lowest BCUT2D eigenvalue weighted by Gasteiger charge is -2.23. The number of rotatable bonds is 7. The van der Waals surface area contributed by atoms with Crippen molar-refractivity contribution in [3.63, 3.8) is 0 Å². The van der Waals surface area contributed by atoms with Gasteiger partial charge in [-0.2, -0.15) is 0 Å². The van der Waals surface area contributed by atoms with Crippen molar-refractivity contribution in [3.8, 4) is 0 Å². The van der Waals surface area contributed by atoms with Gasteiger partial charge in [-0.1, -0.05) is 54.6 Å². The standard InChI is InChI=1S/C32H33FN2O/c1-23(28-16-17-30(33)24(2)19-28)20-32(27-10-5-4-6-11-27)35(3)22-29(36)21-25-9-7-13-31-26(15-14-25)12-8-18-34-31/h4-6,8,10-12,16-21H,1,7,9,13-15,22H2,2-3H3/b25-21?,32-20-. The van der Waals surface area contributed by atoms with E-state index in [-0.39, 0.29) is 18.1 Å². The number of fused-ring (bicyclic) bond motifs is 1. The highest BCUT2D eigenvalue weighted by molar-refractivity contribution is 5.93. The Kier molecular flexibility index (Phi) is 8.27. The van der Waals surface area contributed by atoms with Crippen molar-refractivity contribution in [2.75, 3.05) is 13.6 Å². The monoisotopic (exact) mass is 480 g/mol. The first kappa shape index (κ1) is 25.3. The number of pyridine rings is 1. The second-order valence-corrected chi connectivity index (χ2v) is 9.47. The molecule has 0 atom stereocenters. The molecule has 36 heavy (non-hydrogen) atoms. The number of nitrogens with zero attached hydrogens (tertiary/aromatic N) is 2. The highest BCUT2D eigenvalue weighted by Crippen LogP contribution is 2.26. The number of hydrogen-bond acceptors (Lipinski definition) is 3. The van der Waals surface area contributed by atoms with Crippen molar-refractivity contribution in [3.05, 3.63) is 125 Å². The summed E-state index contributed by atoms with van der Waals surface area (Å²) in [6.45, 7) is 6.24. The van der Waals surface area contributed by atoms with E-state index in [1.165, 1.54) is 22.9 Å². The second-order valence-electron chi connectivity index (χ2n) is 9.47. The minimum atomic E-state index is -0.233. The van der Waals surface area contributed by atoms with Gasteiger partial charge in [0.2, 0.25) is 0 Å². The fraction of sp³-hybridized carbons (Fsp3) is 0.250. The lowest BCUT2D eigenvalue weighted by molar-refractivity contribution is -0.114. The zero-order valence-electron chi connectivity index (χ0n) is 21.1. The van der Waals surface area contributed by atoms with E-state index in [1.807, 2.05) is 66.7 Å². The summed E-state index contributed by atoms with van der Waals surface area (Å²) >= 11 is 0. The molecule has 0 unspecified atom stereocenters. The molecule has 0 N–H and O–H groups in total. The summed E-state index contributed by atoms with van der Waals surface area (Å²) in [4.78, 5) is 19.6. The van der Waals surface area contributed by atoms with Gasteiger partial charge in [-0.25, -0.2) is 4.39 Å². The van der Waals surface area contributed by atoms with Gasteiger partial charge in [0, 0.05) is 24.6 Å². The van der Waals surface area contributed by atoms with Crippen LogP contribution in [0.25, 0.3) is 11.3 Å². The molecule has 0 bridgehead atoms. The molecule has 0 fully saturated rings. The van der Waals surface area contributed by atoms with Crippen LogP contribution in [0, 0.1) is 12.7 Å². The average Bonchev–Trinajstić information content (AvgIpc) is 2.86. The average molecular weight is 481 g/mol. The van der Waals surface area contributed by atoms with E-state index in [1.54, 1.807) is 19.1 Å². The van der Waals surface area contributed by atoms with Gasteiger partial charge in [-0.3, -0.25) is 9.78 Å². The Hall–Kier alpha value is -3.79. The molecule has 0 aliphatic heterocycles. The van der Waals surface area contributed by atoms with Gasteiger partial charge >= 0.3 is 0 Å². The molecule has 0 saturated heterocycles. The van der Waals surface area contributed by atoms with Crippen LogP contribution in [0.4, 0.5) is 4.39 Å². The first-order valence-corrected chi connectivity index (χ1v) is 12.5. The molecule has 4 rings (SSSR count). The molecular formula is C32H33FN2O. The summed E-state index contributed by atoms with van der Waals surface area (Å²) in [6.07, 6.45) is 10.4. The van der Waals surface area contributed by atoms with Crippen molar-refractivity contribution in [2.24, 2.45) is 0 Å². The molecule has 4 heteroatoms. The molecule has 0 spiro atoms. The molecule has 184 valence electrons. The first-order chi connectivity index (χ1) is 17.4. The number of benzene rings is 2. The number of halogens is 1. The van der Waals surface area contributed by atoms with E-state index >= 15 is 0 Å². The number of allylic oxidation sites excluding steroid dienone is 3. The molecule has 0 radical (unpaired) electrons. The van der Waals surface area contributed by atoms with Gasteiger partial charge in [-0.15, -0.1) is 0 Å². The van der Waals surface area contributed by atoms with Crippen LogP contribution in [0.3, 0.4) is 0 Å². The summed E-state index contributed by atoms with van der Waals surface area (Å²) in [6, 6.07) is 19.1. The number of likely N-dealkylation sites (N-methyl/N-ethyl adjacent to an activating group) is 1. The molecule has 1 heterocycles. The van der Waals surface area contributed by atoms with Crippen LogP contribution in [-0.4, -0.2) is 29.3 Å². The third-order valence-corrected chi connectivity index (χ3v) is 6.69. The summed E-state index contributed by atoms with van der Waals surface area (Å²) < 4.78 is 13.8. The lowest BCUT2D eigenvalue weighted by Crippen LogP contribution is -2.24. The SMILES string of the molecule is C=C(/C=C(/c1ccccc1)N(C)CC(=O)C=C1CCCc2ncccc2CC1)c1ccc(F)c(C)c1. The zero-order valence-corrected chi connectivity index (χ0v) is 21.1. The predicted octanol–water partition coefficient (Wildman–Crippen LogP) is 6.98. The van der Waals surface area contributed by atoms with E-state index in [0.717, 1.165) is 54.5 Å². The van der Waals surface area contributed by atoms with Crippen LogP contribution >= 0.6 is 0 Å². The largest absolute Gasteiger partial charge is 0.366 e. The fourth-order valence-electron chi connectivity index (χ4n) is 4.68. The molecular weight excluding hydrogens is 447 g/mol. The van der Waals surface area contributed by atoms with Crippen LogP contribution in [0.15, 0.2) is 91.2 Å². The van der Waals surface area contributed by atoms with Crippen molar-refractivity contribution in [1.29, 1.82) is 0 Å². The van der Waals surface area contributed by atoms with Gasteiger partial charge < -0.3 is 4.90 Å². The second kappa shape index (κ2) is 11.8. The smallest absolute Gasteiger partial charge is 0.174 e. The molecule has 1 aliphatic rings. The molecule has 1 aromatic heterocycles. The van der Waals surface area contributed by atoms with Crippen LogP contribution in [0.2, 0.25) is 0 Å². The maximum absolute atomic E-state index is 13.8. The maximum Gasteiger partial charge on any atom is 0.174 e. The first-order valence-electron chi connectivity index (χ1n) is 12.5. The van der Waals surface area contributed by atoms with Crippen LogP contribution in [0.1, 0.15) is 47.2 Å². The van der Waals surface area contributed by atoms with E-state index in [0.29, 0.717) is 5.56 Å². The van der Waals surface area contributed by atoms with Gasteiger partial charge in [0.15, 0.2) is 5.78 Å². The molecule has 3 aromatic rings. The predicted molar refractivity (Wildman–Crippen MR) is 146 cm³/mol. The minimum Gasteiger partial charge on any atom is -0.366 e. The highest BCUT2D eigenvalue weighted by Gasteiger charge is 2.15. The number of hydrogen-bond donors (Lipinski definition) is 0. The van der Waals surface area contributed by atoms with Crippen molar-refractivity contribution in [1.82, 2.24) is 9.88 Å². The van der Waals surface area contributed by atoms with Gasteiger partial charge in [0.05, 0.1) is 6.54 Å². The van der Waals surface area contributed by atoms with E-state index in [2.05, 4.69) is 17.6 Å².